The molecule has 0 bridgehead atoms. The highest BCUT2D eigenvalue weighted by Gasteiger charge is 2.16. The molecule has 1 saturated heterocycles. The maximum Gasteiger partial charge on any atom is 0.119 e. The maximum absolute atomic E-state index is 5.48. The third-order valence-electron chi connectivity index (χ3n) is 6.71. The van der Waals surface area contributed by atoms with E-state index in [1.54, 1.807) is 13.3 Å². The van der Waals surface area contributed by atoms with Gasteiger partial charge in [-0.25, -0.2) is 4.68 Å². The van der Waals surface area contributed by atoms with Crippen LogP contribution in [0, 0.1) is 0 Å². The minimum Gasteiger partial charge on any atom is -0.497 e. The molecule has 186 valence electrons. The van der Waals surface area contributed by atoms with Crippen molar-refractivity contribution in [2.45, 2.75) is 19.6 Å². The van der Waals surface area contributed by atoms with Crippen LogP contribution in [0.15, 0.2) is 85.3 Å². The Morgan fingerprint density at radius 3 is 2.39 bits per heavy atom. The van der Waals surface area contributed by atoms with E-state index >= 15 is 0 Å². The lowest BCUT2D eigenvalue weighted by Gasteiger charge is -2.32. The van der Waals surface area contributed by atoms with Gasteiger partial charge in [0, 0.05) is 70.1 Å². The highest BCUT2D eigenvalue weighted by molar-refractivity contribution is 5.49. The molecule has 2 aromatic carbocycles. The van der Waals surface area contributed by atoms with Crippen LogP contribution >= 0.6 is 0 Å². The molecule has 36 heavy (non-hydrogen) atoms. The second-order valence-electron chi connectivity index (χ2n) is 9.41. The van der Waals surface area contributed by atoms with Crippen molar-refractivity contribution in [2.75, 3.05) is 45.2 Å². The molecule has 0 N–H and O–H groups in total. The van der Waals surface area contributed by atoms with Gasteiger partial charge in [-0.15, -0.1) is 0 Å². The number of likely N-dealkylation sites (N-methyl/N-ethyl adjacent to an activating group) is 1. The number of piperazine rings is 1. The molecule has 0 saturated carbocycles. The van der Waals surface area contributed by atoms with Gasteiger partial charge in [0.2, 0.25) is 0 Å². The molecule has 2 aromatic heterocycles. The van der Waals surface area contributed by atoms with E-state index in [9.17, 15) is 0 Å². The largest absolute Gasteiger partial charge is 0.497 e. The molecule has 1 aliphatic rings. The van der Waals surface area contributed by atoms with Crippen LogP contribution in [0.1, 0.15) is 16.8 Å². The number of pyridine rings is 1. The van der Waals surface area contributed by atoms with Gasteiger partial charge >= 0.3 is 0 Å². The molecule has 0 atom stereocenters. The van der Waals surface area contributed by atoms with Crippen molar-refractivity contribution in [1.29, 1.82) is 0 Å². The summed E-state index contributed by atoms with van der Waals surface area (Å²) < 4.78 is 7.38. The number of rotatable bonds is 9. The second-order valence-corrected chi connectivity index (χ2v) is 9.41. The number of hydrogen-bond acceptors (Lipinski definition) is 6. The van der Waals surface area contributed by atoms with Crippen LogP contribution in [0.2, 0.25) is 0 Å². The maximum atomic E-state index is 5.48. The van der Waals surface area contributed by atoms with Crippen molar-refractivity contribution in [3.05, 3.63) is 102 Å². The van der Waals surface area contributed by atoms with Crippen molar-refractivity contribution in [1.82, 2.24) is 24.6 Å². The van der Waals surface area contributed by atoms with Crippen LogP contribution in [0.4, 0.5) is 5.69 Å². The average Bonchev–Trinajstić information content (AvgIpc) is 3.46. The number of ether oxygens (including phenoxy) is 1. The Morgan fingerprint density at radius 1 is 0.861 bits per heavy atom. The number of anilines is 1. The predicted molar refractivity (Wildman–Crippen MR) is 143 cm³/mol. The predicted octanol–water partition coefficient (Wildman–Crippen LogP) is 4.23. The summed E-state index contributed by atoms with van der Waals surface area (Å²) in [6, 6.07) is 23.2. The van der Waals surface area contributed by atoms with E-state index < -0.39 is 0 Å². The highest BCUT2D eigenvalue weighted by Crippen LogP contribution is 2.24. The smallest absolute Gasteiger partial charge is 0.119 e. The SMILES string of the molecule is COc1cccc(CN(Cc2cccc(-n3cccn3)c2)c2ccnc(CN3CCN(C)CC3)c2)c1. The van der Waals surface area contributed by atoms with Crippen LogP contribution < -0.4 is 9.64 Å². The van der Waals surface area contributed by atoms with E-state index in [-0.39, 0.29) is 0 Å². The van der Waals surface area contributed by atoms with Crippen molar-refractivity contribution in [2.24, 2.45) is 0 Å². The fourth-order valence-electron chi connectivity index (χ4n) is 4.65. The van der Waals surface area contributed by atoms with Crippen molar-refractivity contribution in [3.8, 4) is 11.4 Å². The van der Waals surface area contributed by atoms with E-state index in [4.69, 9.17) is 9.72 Å². The van der Waals surface area contributed by atoms with Gasteiger partial charge in [0.15, 0.2) is 0 Å². The molecule has 4 aromatic rings. The molecule has 0 radical (unpaired) electrons. The molecular weight excluding hydrogens is 448 g/mol. The summed E-state index contributed by atoms with van der Waals surface area (Å²) in [5, 5.41) is 4.40. The zero-order valence-corrected chi connectivity index (χ0v) is 21.1. The van der Waals surface area contributed by atoms with Gasteiger partial charge in [0.05, 0.1) is 18.5 Å². The van der Waals surface area contributed by atoms with E-state index in [1.165, 1.54) is 16.8 Å². The number of aromatic nitrogens is 3. The quantitative estimate of drug-likeness (QED) is 0.356. The van der Waals surface area contributed by atoms with Gasteiger partial charge < -0.3 is 14.5 Å². The van der Waals surface area contributed by atoms with Crippen molar-refractivity contribution >= 4 is 5.69 Å². The van der Waals surface area contributed by atoms with Gasteiger partial charge in [-0.1, -0.05) is 24.3 Å². The zero-order valence-electron chi connectivity index (χ0n) is 21.1. The highest BCUT2D eigenvalue weighted by atomic mass is 16.5. The molecule has 0 aliphatic carbocycles. The molecule has 1 aliphatic heterocycles. The Morgan fingerprint density at radius 2 is 1.64 bits per heavy atom. The molecule has 1 fully saturated rings. The molecule has 7 heteroatoms. The first-order valence-electron chi connectivity index (χ1n) is 12.5. The van der Waals surface area contributed by atoms with Gasteiger partial charge in [-0.2, -0.15) is 5.10 Å². The van der Waals surface area contributed by atoms with Crippen molar-refractivity contribution in [3.63, 3.8) is 0 Å². The van der Waals surface area contributed by atoms with Crippen LogP contribution in [-0.2, 0) is 19.6 Å². The number of nitrogens with zero attached hydrogens (tertiary/aromatic N) is 6. The Kier molecular flexibility index (Phi) is 7.59. The third kappa shape index (κ3) is 6.11. The fourth-order valence-corrected chi connectivity index (χ4v) is 4.65. The summed E-state index contributed by atoms with van der Waals surface area (Å²) in [6.45, 7) is 6.78. The monoisotopic (exact) mass is 482 g/mol. The van der Waals surface area contributed by atoms with Crippen LogP contribution in [-0.4, -0.2) is 64.9 Å². The lowest BCUT2D eigenvalue weighted by molar-refractivity contribution is 0.147. The summed E-state index contributed by atoms with van der Waals surface area (Å²) in [5.41, 5.74) is 5.77. The Bertz CT molecular complexity index is 1250. The average molecular weight is 483 g/mol. The topological polar surface area (TPSA) is 49.7 Å². The summed E-state index contributed by atoms with van der Waals surface area (Å²) in [6.07, 6.45) is 5.72. The lowest BCUT2D eigenvalue weighted by atomic mass is 10.1. The fraction of sp³-hybridized carbons (Fsp3) is 0.310. The zero-order chi connectivity index (χ0) is 24.7. The Hall–Kier alpha value is -3.68. The van der Waals surface area contributed by atoms with Gasteiger partial charge in [-0.05, 0) is 60.6 Å². The minimum absolute atomic E-state index is 0.765. The van der Waals surface area contributed by atoms with E-state index in [1.807, 2.05) is 29.2 Å². The summed E-state index contributed by atoms with van der Waals surface area (Å²) in [4.78, 5) is 12.0. The molecule has 7 nitrogen and oxygen atoms in total. The molecular formula is C29H34N6O. The number of methoxy groups -OCH3 is 1. The standard InChI is InChI=1S/C29H34N6O/c1-32-14-16-33(17-15-32)23-26-20-27(10-12-30-26)34(22-25-7-4-9-29(19-25)36-2)21-24-6-3-8-28(18-24)35-13-5-11-31-35/h3-13,18-20H,14-17,21-23H2,1-2H3. The van der Waals surface area contributed by atoms with Crippen LogP contribution in [0.25, 0.3) is 5.69 Å². The van der Waals surface area contributed by atoms with Gasteiger partial charge in [-0.3, -0.25) is 9.88 Å². The molecule has 0 amide bonds. The minimum atomic E-state index is 0.765. The van der Waals surface area contributed by atoms with Crippen LogP contribution in [0.3, 0.4) is 0 Å². The molecule has 5 rings (SSSR count). The molecule has 3 heterocycles. The number of benzene rings is 2. The molecule has 0 spiro atoms. The summed E-state index contributed by atoms with van der Waals surface area (Å²) >= 11 is 0. The Balaban J connectivity index is 1.41. The molecule has 0 unspecified atom stereocenters. The van der Waals surface area contributed by atoms with E-state index in [0.29, 0.717) is 0 Å². The van der Waals surface area contributed by atoms with Gasteiger partial charge in [0.1, 0.15) is 5.75 Å². The van der Waals surface area contributed by atoms with Crippen LogP contribution in [0.5, 0.6) is 5.75 Å². The number of hydrogen-bond donors (Lipinski definition) is 0. The first kappa shape index (κ1) is 24.0. The summed E-state index contributed by atoms with van der Waals surface area (Å²) in [7, 11) is 3.90. The van der Waals surface area contributed by atoms with Gasteiger partial charge in [0.25, 0.3) is 0 Å². The lowest BCUT2D eigenvalue weighted by Crippen LogP contribution is -2.44. The Labute approximate surface area is 213 Å². The van der Waals surface area contributed by atoms with Crippen molar-refractivity contribution < 1.29 is 4.74 Å². The second kappa shape index (κ2) is 11.4. The normalized spacial score (nSPS) is 14.6. The van der Waals surface area contributed by atoms with E-state index in [0.717, 1.165) is 62.9 Å². The first-order chi connectivity index (χ1) is 17.7. The first-order valence-corrected chi connectivity index (χ1v) is 12.5. The third-order valence-corrected chi connectivity index (χ3v) is 6.71. The summed E-state index contributed by atoms with van der Waals surface area (Å²) in [5.74, 6) is 0.874. The van der Waals surface area contributed by atoms with E-state index in [2.05, 4.69) is 81.4 Å².